The third kappa shape index (κ3) is 6.21. The highest BCUT2D eigenvalue weighted by atomic mass is 16.2. The van der Waals surface area contributed by atoms with Crippen molar-refractivity contribution in [3.8, 4) is 0 Å². The van der Waals surface area contributed by atoms with Gasteiger partial charge in [-0.1, -0.05) is 60.7 Å². The summed E-state index contributed by atoms with van der Waals surface area (Å²) in [7, 11) is 0. The van der Waals surface area contributed by atoms with Gasteiger partial charge in [0.25, 0.3) is 0 Å². The molecule has 0 heterocycles. The molecule has 0 bridgehead atoms. The number of carbonyl (C=O) groups is 1. The molecule has 5 nitrogen and oxygen atoms in total. The van der Waals surface area contributed by atoms with Crippen LogP contribution in [-0.2, 0) is 6.42 Å². The Labute approximate surface area is 112 Å². The van der Waals surface area contributed by atoms with Gasteiger partial charge in [0, 0.05) is 0 Å². The number of nitrogens with one attached hydrogen (secondary N) is 2. The largest absolute Gasteiger partial charge is 0.343 e. The normalized spacial score (nSPS) is 8.95. The molecule has 0 aliphatic carbocycles. The van der Waals surface area contributed by atoms with Gasteiger partial charge in [0.15, 0.2) is 0 Å². The van der Waals surface area contributed by atoms with Gasteiger partial charge in [-0.2, -0.15) is 0 Å². The molecular weight excluding hydrogens is 240 g/mol. The first-order valence-corrected chi connectivity index (χ1v) is 5.81. The van der Waals surface area contributed by atoms with E-state index >= 15 is 0 Å². The zero-order chi connectivity index (χ0) is 13.9. The predicted octanol–water partition coefficient (Wildman–Crippen LogP) is 1.31. The minimum atomic E-state index is -0.602. The van der Waals surface area contributed by atoms with Gasteiger partial charge in [0.1, 0.15) is 0 Å². The summed E-state index contributed by atoms with van der Waals surface area (Å²) < 4.78 is 0. The van der Waals surface area contributed by atoms with Crippen molar-refractivity contribution < 1.29 is 4.79 Å². The molecule has 2 aromatic rings. The molecule has 0 saturated carbocycles. The van der Waals surface area contributed by atoms with E-state index in [1.54, 1.807) is 10.9 Å². The van der Waals surface area contributed by atoms with Crippen LogP contribution in [0.2, 0.25) is 0 Å². The van der Waals surface area contributed by atoms with E-state index in [1.807, 2.05) is 0 Å². The summed E-state index contributed by atoms with van der Waals surface area (Å²) >= 11 is 0. The maximum atomic E-state index is 9.71. The highest BCUT2D eigenvalue weighted by Crippen LogP contribution is 2.07. The summed E-state index contributed by atoms with van der Waals surface area (Å²) in [5, 5.41) is 0. The molecule has 2 aromatic carbocycles. The molecule has 0 atom stereocenters. The Hall–Kier alpha value is -2.37. The van der Waals surface area contributed by atoms with E-state index in [9.17, 15) is 4.79 Å². The third-order valence-corrected chi connectivity index (χ3v) is 2.36. The maximum absolute atomic E-state index is 9.71. The Morgan fingerprint density at radius 2 is 1.16 bits per heavy atom. The molecule has 0 aliphatic heterocycles. The lowest BCUT2D eigenvalue weighted by molar-refractivity contribution is 0.241. The van der Waals surface area contributed by atoms with Gasteiger partial charge in [0.2, 0.25) is 0 Å². The first-order chi connectivity index (χ1) is 9.26. The maximum Gasteiger partial charge on any atom is 0.343 e. The fourth-order valence-corrected chi connectivity index (χ4v) is 1.47. The summed E-state index contributed by atoms with van der Waals surface area (Å²) in [6, 6.07) is 20.5. The molecule has 0 saturated heterocycles. The Kier molecular flexibility index (Phi) is 6.71. The Morgan fingerprint density at radius 3 is 1.42 bits per heavy atom. The third-order valence-electron chi connectivity index (χ3n) is 2.36. The summed E-state index contributed by atoms with van der Waals surface area (Å²) in [6.07, 6.45) is 1.03. The first-order valence-electron chi connectivity index (χ1n) is 5.81. The van der Waals surface area contributed by atoms with E-state index in [2.05, 4.69) is 72.3 Å². The molecule has 0 radical (unpaired) electrons. The molecule has 6 N–H and O–H groups in total. The van der Waals surface area contributed by atoms with Crippen LogP contribution in [-0.4, -0.2) is 6.03 Å². The number of nitrogens with two attached hydrogens (primary N) is 2. The summed E-state index contributed by atoms with van der Waals surface area (Å²) in [4.78, 5) is 9.71. The number of amides is 2. The molecule has 0 fully saturated rings. The van der Waals surface area contributed by atoms with E-state index in [0.717, 1.165) is 6.42 Å². The molecule has 0 aromatic heterocycles. The smallest absolute Gasteiger partial charge is 0.275 e. The van der Waals surface area contributed by atoms with Crippen molar-refractivity contribution in [3.63, 3.8) is 0 Å². The lowest BCUT2D eigenvalue weighted by atomic mass is 10.1. The Morgan fingerprint density at radius 1 is 0.789 bits per heavy atom. The minimum Gasteiger partial charge on any atom is -0.275 e. The zero-order valence-corrected chi connectivity index (χ0v) is 10.5. The summed E-state index contributed by atoms with van der Waals surface area (Å²) in [6.45, 7) is 0. The second kappa shape index (κ2) is 8.68. The number of urea groups is 1. The van der Waals surface area contributed by atoms with Gasteiger partial charge >= 0.3 is 6.03 Å². The second-order valence-corrected chi connectivity index (χ2v) is 3.77. The number of hydrogen-bond acceptors (Lipinski definition) is 3. The molecule has 19 heavy (non-hydrogen) atoms. The van der Waals surface area contributed by atoms with Gasteiger partial charge in [-0.05, 0) is 17.5 Å². The fourth-order valence-electron chi connectivity index (χ4n) is 1.47. The number of hydrazine groups is 2. The van der Waals surface area contributed by atoms with Crippen molar-refractivity contribution in [3.05, 3.63) is 71.8 Å². The lowest BCUT2D eigenvalue weighted by Crippen LogP contribution is -2.43. The lowest BCUT2D eigenvalue weighted by Gasteiger charge is -2.00. The van der Waals surface area contributed by atoms with Crippen LogP contribution < -0.4 is 22.5 Å². The van der Waals surface area contributed by atoms with E-state index in [0.29, 0.717) is 0 Å². The molecule has 2 amide bonds. The van der Waals surface area contributed by atoms with Crippen LogP contribution in [0.15, 0.2) is 60.7 Å². The van der Waals surface area contributed by atoms with Crippen LogP contribution in [0.4, 0.5) is 4.79 Å². The van der Waals surface area contributed by atoms with Crippen molar-refractivity contribution in [1.82, 2.24) is 10.9 Å². The van der Waals surface area contributed by atoms with E-state index in [1.165, 1.54) is 11.1 Å². The van der Waals surface area contributed by atoms with Gasteiger partial charge in [-0.3, -0.25) is 10.9 Å². The number of rotatable bonds is 2. The van der Waals surface area contributed by atoms with Crippen LogP contribution in [0.25, 0.3) is 0 Å². The van der Waals surface area contributed by atoms with Crippen LogP contribution in [0.3, 0.4) is 0 Å². The number of carbonyl (C=O) groups excluding carboxylic acids is 1. The predicted molar refractivity (Wildman–Crippen MR) is 75.7 cm³/mol. The Balaban J connectivity index is 0.000000258. The van der Waals surface area contributed by atoms with Crippen molar-refractivity contribution in [2.75, 3.05) is 0 Å². The van der Waals surface area contributed by atoms with Gasteiger partial charge in [0.05, 0.1) is 0 Å². The van der Waals surface area contributed by atoms with Crippen LogP contribution >= 0.6 is 0 Å². The average Bonchev–Trinajstić information content (AvgIpc) is 2.49. The summed E-state index contributed by atoms with van der Waals surface area (Å²) in [5.74, 6) is 9.08. The highest BCUT2D eigenvalue weighted by molar-refractivity contribution is 5.72. The Bertz CT molecular complexity index is 430. The molecule has 0 unspecified atom stereocenters. The molecular formula is C14H18N4O. The SMILES string of the molecule is NNC(=O)NN.c1ccc(Cc2ccccc2)cc1. The molecule has 5 heteroatoms. The van der Waals surface area contributed by atoms with Gasteiger partial charge in [-0.15, -0.1) is 0 Å². The van der Waals surface area contributed by atoms with E-state index < -0.39 is 6.03 Å². The van der Waals surface area contributed by atoms with E-state index in [-0.39, 0.29) is 0 Å². The highest BCUT2D eigenvalue weighted by Gasteiger charge is 1.92. The van der Waals surface area contributed by atoms with Crippen molar-refractivity contribution >= 4 is 6.03 Å². The van der Waals surface area contributed by atoms with Crippen molar-refractivity contribution in [1.29, 1.82) is 0 Å². The van der Waals surface area contributed by atoms with Crippen molar-refractivity contribution in [2.45, 2.75) is 6.42 Å². The zero-order valence-electron chi connectivity index (χ0n) is 10.5. The summed E-state index contributed by atoms with van der Waals surface area (Å²) in [5.41, 5.74) is 6.22. The van der Waals surface area contributed by atoms with Gasteiger partial charge in [-0.25, -0.2) is 16.5 Å². The molecule has 100 valence electrons. The number of hydrogen-bond donors (Lipinski definition) is 4. The van der Waals surface area contributed by atoms with Crippen LogP contribution in [0.5, 0.6) is 0 Å². The minimum absolute atomic E-state index is 0.602. The van der Waals surface area contributed by atoms with Crippen LogP contribution in [0.1, 0.15) is 11.1 Å². The molecule has 0 spiro atoms. The van der Waals surface area contributed by atoms with Crippen LogP contribution in [0, 0.1) is 0 Å². The van der Waals surface area contributed by atoms with E-state index in [4.69, 9.17) is 0 Å². The topological polar surface area (TPSA) is 93.2 Å². The standard InChI is InChI=1S/C13H12.CH6N4O/c1-3-7-12(8-4-1)11-13-9-5-2-6-10-13;2-4-1(6)5-3/h1-10H,11H2;2-3H2,(H2,4,5,6). The van der Waals surface area contributed by atoms with Gasteiger partial charge < -0.3 is 0 Å². The fraction of sp³-hybridized carbons (Fsp3) is 0.0714. The molecule has 0 aliphatic rings. The first kappa shape index (κ1) is 14.7. The monoisotopic (exact) mass is 258 g/mol. The second-order valence-electron chi connectivity index (χ2n) is 3.77. The quantitative estimate of drug-likeness (QED) is 0.372. The number of benzene rings is 2. The van der Waals surface area contributed by atoms with Crippen molar-refractivity contribution in [2.24, 2.45) is 11.7 Å². The average molecular weight is 258 g/mol. The molecule has 2 rings (SSSR count).